The minimum Gasteiger partial charge on any atom is -0.478 e. The standard InChI is InChI=1S/C13H18BrNO5S/c1-8(7-20-3)6-15-21(18,19)11-5-10(13(16)17)4-9(2)12(11)14/h4-5,8,15H,6-7H2,1-3H3,(H,16,17). The molecule has 0 aromatic heterocycles. The number of carboxylic acid groups (broad SMARTS) is 1. The molecule has 0 bridgehead atoms. The second-order valence-corrected chi connectivity index (χ2v) is 7.35. The average Bonchev–Trinajstić information content (AvgIpc) is 2.39. The number of carbonyl (C=O) groups is 1. The summed E-state index contributed by atoms with van der Waals surface area (Å²) in [5.41, 5.74) is 0.473. The lowest BCUT2D eigenvalue weighted by molar-refractivity contribution is 0.0696. The van der Waals surface area contributed by atoms with Gasteiger partial charge in [-0.1, -0.05) is 6.92 Å². The van der Waals surface area contributed by atoms with Gasteiger partial charge < -0.3 is 9.84 Å². The Morgan fingerprint density at radius 1 is 1.48 bits per heavy atom. The molecule has 8 heteroatoms. The molecule has 1 unspecified atom stereocenters. The van der Waals surface area contributed by atoms with Crippen LogP contribution in [0, 0.1) is 12.8 Å². The van der Waals surface area contributed by atoms with Crippen molar-refractivity contribution in [2.75, 3.05) is 20.3 Å². The molecule has 0 aliphatic rings. The Morgan fingerprint density at radius 3 is 2.62 bits per heavy atom. The summed E-state index contributed by atoms with van der Waals surface area (Å²) in [6.45, 7) is 4.12. The molecule has 0 fully saturated rings. The number of aromatic carboxylic acids is 1. The van der Waals surface area contributed by atoms with Crippen LogP contribution in [0.2, 0.25) is 0 Å². The van der Waals surface area contributed by atoms with Crippen LogP contribution in [0.5, 0.6) is 0 Å². The maximum Gasteiger partial charge on any atom is 0.335 e. The summed E-state index contributed by atoms with van der Waals surface area (Å²) in [7, 11) is -2.26. The topological polar surface area (TPSA) is 92.7 Å². The molecule has 0 amide bonds. The molecule has 0 spiro atoms. The van der Waals surface area contributed by atoms with Crippen molar-refractivity contribution >= 4 is 31.9 Å². The molecule has 0 saturated carbocycles. The zero-order chi connectivity index (χ0) is 16.2. The first-order chi connectivity index (χ1) is 9.69. The number of carboxylic acids is 1. The Balaban J connectivity index is 3.10. The van der Waals surface area contributed by atoms with E-state index < -0.39 is 16.0 Å². The predicted octanol–water partition coefficient (Wildman–Crippen LogP) is 2.02. The zero-order valence-electron chi connectivity index (χ0n) is 12.0. The summed E-state index contributed by atoms with van der Waals surface area (Å²) in [6.07, 6.45) is 0. The Kier molecular flexibility index (Phi) is 6.33. The minimum atomic E-state index is -3.80. The molecule has 0 saturated heterocycles. The first kappa shape index (κ1) is 18.1. The summed E-state index contributed by atoms with van der Waals surface area (Å²) in [5.74, 6) is -1.16. The third kappa shape index (κ3) is 4.77. The number of sulfonamides is 1. The number of nitrogens with one attached hydrogen (secondary N) is 1. The molecule has 1 aromatic rings. The van der Waals surface area contributed by atoms with Crippen molar-refractivity contribution in [3.05, 3.63) is 27.7 Å². The number of rotatable bonds is 7. The Bertz CT molecular complexity index is 630. The van der Waals surface area contributed by atoms with E-state index in [2.05, 4.69) is 20.7 Å². The first-order valence-electron chi connectivity index (χ1n) is 6.21. The van der Waals surface area contributed by atoms with Gasteiger partial charge in [-0.2, -0.15) is 0 Å². The van der Waals surface area contributed by atoms with E-state index in [9.17, 15) is 13.2 Å². The summed E-state index contributed by atoms with van der Waals surface area (Å²) in [5, 5.41) is 9.03. The smallest absolute Gasteiger partial charge is 0.335 e. The van der Waals surface area contributed by atoms with Crippen LogP contribution in [0.1, 0.15) is 22.8 Å². The van der Waals surface area contributed by atoms with Gasteiger partial charge in [0.15, 0.2) is 0 Å². The summed E-state index contributed by atoms with van der Waals surface area (Å²) in [4.78, 5) is 11.0. The highest BCUT2D eigenvalue weighted by atomic mass is 79.9. The molecular weight excluding hydrogens is 362 g/mol. The molecule has 0 aliphatic heterocycles. The Hall–Kier alpha value is -0.960. The van der Waals surface area contributed by atoms with Gasteiger partial charge in [-0.15, -0.1) is 0 Å². The Labute approximate surface area is 132 Å². The van der Waals surface area contributed by atoms with Gasteiger partial charge in [-0.25, -0.2) is 17.9 Å². The highest BCUT2D eigenvalue weighted by molar-refractivity contribution is 9.10. The van der Waals surface area contributed by atoms with Crippen LogP contribution >= 0.6 is 15.9 Å². The first-order valence-corrected chi connectivity index (χ1v) is 8.48. The molecule has 118 valence electrons. The van der Waals surface area contributed by atoms with Crippen molar-refractivity contribution < 1.29 is 23.1 Å². The summed E-state index contributed by atoms with van der Waals surface area (Å²) in [6, 6.07) is 2.56. The van der Waals surface area contributed by atoms with E-state index in [1.807, 2.05) is 6.92 Å². The van der Waals surface area contributed by atoms with Crippen LogP contribution in [0.3, 0.4) is 0 Å². The number of hydrogen-bond donors (Lipinski definition) is 2. The Morgan fingerprint density at radius 2 is 2.10 bits per heavy atom. The fraction of sp³-hybridized carbons (Fsp3) is 0.462. The molecule has 21 heavy (non-hydrogen) atoms. The highest BCUT2D eigenvalue weighted by Gasteiger charge is 2.22. The second-order valence-electron chi connectivity index (χ2n) is 4.82. The lowest BCUT2D eigenvalue weighted by Crippen LogP contribution is -2.30. The fourth-order valence-electron chi connectivity index (χ4n) is 1.73. The molecule has 6 nitrogen and oxygen atoms in total. The summed E-state index contributed by atoms with van der Waals surface area (Å²) < 4.78 is 32.4. The molecule has 1 rings (SSSR count). The van der Waals surface area contributed by atoms with Gasteiger partial charge in [0.2, 0.25) is 10.0 Å². The van der Waals surface area contributed by atoms with Crippen LogP contribution in [-0.2, 0) is 14.8 Å². The van der Waals surface area contributed by atoms with E-state index >= 15 is 0 Å². The van der Waals surface area contributed by atoms with Gasteiger partial charge in [0.1, 0.15) is 0 Å². The fourth-order valence-corrected chi connectivity index (χ4v) is 3.94. The van der Waals surface area contributed by atoms with Crippen LogP contribution in [0.15, 0.2) is 21.5 Å². The predicted molar refractivity (Wildman–Crippen MR) is 82.1 cm³/mol. The van der Waals surface area contributed by atoms with E-state index in [1.165, 1.54) is 6.07 Å². The van der Waals surface area contributed by atoms with Crippen LogP contribution < -0.4 is 4.72 Å². The van der Waals surface area contributed by atoms with Gasteiger partial charge in [0.05, 0.1) is 10.5 Å². The SMILES string of the molecule is COCC(C)CNS(=O)(=O)c1cc(C(=O)O)cc(C)c1Br. The van der Waals surface area contributed by atoms with Crippen molar-refractivity contribution in [3.8, 4) is 0 Å². The molecule has 1 atom stereocenters. The van der Waals surface area contributed by atoms with E-state index in [1.54, 1.807) is 14.0 Å². The lowest BCUT2D eigenvalue weighted by atomic mass is 10.1. The number of benzene rings is 1. The quantitative estimate of drug-likeness (QED) is 0.755. The number of halogens is 1. The van der Waals surface area contributed by atoms with Crippen LogP contribution in [-0.4, -0.2) is 39.8 Å². The largest absolute Gasteiger partial charge is 0.478 e. The summed E-state index contributed by atoms with van der Waals surface area (Å²) >= 11 is 3.20. The molecule has 0 heterocycles. The van der Waals surface area contributed by atoms with E-state index in [0.717, 1.165) is 6.07 Å². The molecule has 0 aliphatic carbocycles. The van der Waals surface area contributed by atoms with Gasteiger partial charge in [-0.05, 0) is 46.5 Å². The molecular formula is C13H18BrNO5S. The number of methoxy groups -OCH3 is 1. The maximum absolute atomic E-state index is 12.3. The van der Waals surface area contributed by atoms with E-state index in [0.29, 0.717) is 16.6 Å². The third-order valence-electron chi connectivity index (χ3n) is 2.83. The van der Waals surface area contributed by atoms with Crippen LogP contribution in [0.4, 0.5) is 0 Å². The number of hydrogen-bond acceptors (Lipinski definition) is 4. The van der Waals surface area contributed by atoms with Crippen molar-refractivity contribution in [2.45, 2.75) is 18.7 Å². The van der Waals surface area contributed by atoms with E-state index in [4.69, 9.17) is 9.84 Å². The zero-order valence-corrected chi connectivity index (χ0v) is 14.4. The van der Waals surface area contributed by atoms with E-state index in [-0.39, 0.29) is 22.9 Å². The van der Waals surface area contributed by atoms with Gasteiger partial charge in [0, 0.05) is 24.7 Å². The third-order valence-corrected chi connectivity index (χ3v) is 5.59. The molecule has 0 radical (unpaired) electrons. The molecule has 2 N–H and O–H groups in total. The van der Waals surface area contributed by atoms with Crippen molar-refractivity contribution in [1.29, 1.82) is 0 Å². The monoisotopic (exact) mass is 379 g/mol. The normalized spacial score (nSPS) is 13.1. The minimum absolute atomic E-state index is 0.00676. The number of ether oxygens (including phenoxy) is 1. The van der Waals surface area contributed by atoms with Crippen LogP contribution in [0.25, 0.3) is 0 Å². The van der Waals surface area contributed by atoms with Gasteiger partial charge >= 0.3 is 5.97 Å². The highest BCUT2D eigenvalue weighted by Crippen LogP contribution is 2.27. The van der Waals surface area contributed by atoms with Gasteiger partial charge in [-0.3, -0.25) is 0 Å². The maximum atomic E-state index is 12.3. The van der Waals surface area contributed by atoms with Gasteiger partial charge in [0.25, 0.3) is 0 Å². The van der Waals surface area contributed by atoms with Crippen molar-refractivity contribution in [3.63, 3.8) is 0 Å². The van der Waals surface area contributed by atoms with Crippen molar-refractivity contribution in [1.82, 2.24) is 4.72 Å². The van der Waals surface area contributed by atoms with Crippen molar-refractivity contribution in [2.24, 2.45) is 5.92 Å². The molecule has 1 aromatic carbocycles. The average molecular weight is 380 g/mol. The lowest BCUT2D eigenvalue weighted by Gasteiger charge is -2.14. The number of aryl methyl sites for hydroxylation is 1. The second kappa shape index (κ2) is 7.35.